The molecule has 11 heteroatoms. The van der Waals surface area contributed by atoms with Gasteiger partial charge in [-0.15, -0.1) is 0 Å². The number of aliphatic hydroxyl groups is 2. The number of carbonyl (C=O) groups excluding carboxylic acids is 2. The highest BCUT2D eigenvalue weighted by Crippen LogP contribution is 2.43. The molecule has 0 aromatic heterocycles. The minimum absolute atomic E-state index is 0.166. The number of esters is 2. The average Bonchev–Trinajstić information content (AvgIpc) is 3.12. The van der Waals surface area contributed by atoms with E-state index < -0.39 is 51.8 Å². The van der Waals surface area contributed by atoms with E-state index in [2.05, 4.69) is 54.8 Å². The molecule has 0 aliphatic rings. The molecule has 0 aromatic carbocycles. The summed E-state index contributed by atoms with van der Waals surface area (Å²) in [4.78, 5) is 34.9. The maximum atomic E-state index is 12.6. The lowest BCUT2D eigenvalue weighted by molar-refractivity contribution is -0.161. The Hall–Kier alpha value is -1.81. The quantitative estimate of drug-likeness (QED) is 0.0243. The Morgan fingerprint density at radius 1 is 0.608 bits per heavy atom. The Kier molecular flexibility index (Phi) is 35.2. The van der Waals surface area contributed by atoms with Crippen LogP contribution in [0, 0.1) is 0 Å². The number of phosphoric acid groups is 1. The maximum Gasteiger partial charge on any atom is 0.472 e. The van der Waals surface area contributed by atoms with Crippen molar-refractivity contribution in [1.29, 1.82) is 0 Å². The number of unbranched alkanes of at least 4 members (excludes halogenated alkanes) is 17. The van der Waals surface area contributed by atoms with Gasteiger partial charge in [0.25, 0.3) is 0 Å². The first kappa shape index (κ1) is 49.2. The number of hydrogen-bond acceptors (Lipinski definition) is 9. The van der Waals surface area contributed by atoms with Crippen LogP contribution < -0.4 is 0 Å². The van der Waals surface area contributed by atoms with Gasteiger partial charge in [0.2, 0.25) is 0 Å². The molecule has 10 nitrogen and oxygen atoms in total. The van der Waals surface area contributed by atoms with E-state index in [1.165, 1.54) is 57.8 Å². The van der Waals surface area contributed by atoms with Gasteiger partial charge in [0.05, 0.1) is 19.8 Å². The van der Waals surface area contributed by atoms with E-state index >= 15 is 0 Å². The molecule has 0 rings (SSSR count). The SMILES string of the molecule is CC/C=C/C/C=C/C/C=C/CCCCCCCC(=O)O[C@H](COC(=O)CCCCCCCCCCCCCCC)COP(=O)(O)OC[C@@H](O)CO. The van der Waals surface area contributed by atoms with E-state index in [4.69, 9.17) is 19.1 Å². The van der Waals surface area contributed by atoms with Crippen LogP contribution in [0.3, 0.4) is 0 Å². The van der Waals surface area contributed by atoms with Crippen molar-refractivity contribution in [3.05, 3.63) is 36.5 Å². The Bertz CT molecular complexity index is 952. The van der Waals surface area contributed by atoms with Crippen LogP contribution >= 0.6 is 7.82 Å². The summed E-state index contributed by atoms with van der Waals surface area (Å²) in [5, 5.41) is 18.3. The molecule has 0 spiro atoms. The summed E-state index contributed by atoms with van der Waals surface area (Å²) >= 11 is 0. The van der Waals surface area contributed by atoms with Gasteiger partial charge >= 0.3 is 19.8 Å². The molecule has 0 aromatic rings. The van der Waals surface area contributed by atoms with Crippen molar-refractivity contribution in [1.82, 2.24) is 0 Å². The lowest BCUT2D eigenvalue weighted by atomic mass is 10.0. The van der Waals surface area contributed by atoms with E-state index in [9.17, 15) is 24.2 Å². The number of allylic oxidation sites excluding steroid dienone is 6. The highest BCUT2D eigenvalue weighted by Gasteiger charge is 2.27. The first-order chi connectivity index (χ1) is 24.7. The summed E-state index contributed by atoms with van der Waals surface area (Å²) < 4.78 is 32.6. The third-order valence-corrected chi connectivity index (χ3v) is 9.26. The summed E-state index contributed by atoms with van der Waals surface area (Å²) in [6.45, 7) is 2.24. The number of phosphoric ester groups is 1. The summed E-state index contributed by atoms with van der Waals surface area (Å²) in [7, 11) is -4.62. The smallest absolute Gasteiger partial charge is 0.462 e. The molecule has 3 atom stereocenters. The van der Waals surface area contributed by atoms with Crippen molar-refractivity contribution < 1.29 is 47.8 Å². The predicted octanol–water partition coefficient (Wildman–Crippen LogP) is 10.00. The van der Waals surface area contributed by atoms with Crippen molar-refractivity contribution in [2.45, 2.75) is 180 Å². The fraction of sp³-hybridized carbons (Fsp3) is 0.800. The van der Waals surface area contributed by atoms with Crippen molar-refractivity contribution in [3.63, 3.8) is 0 Å². The molecular formula is C40H73O10P. The molecule has 0 amide bonds. The van der Waals surface area contributed by atoms with Crippen molar-refractivity contribution in [2.75, 3.05) is 26.4 Å². The van der Waals surface area contributed by atoms with E-state index in [1.807, 2.05) is 0 Å². The van der Waals surface area contributed by atoms with Crippen LogP contribution in [-0.4, -0.2) is 65.7 Å². The van der Waals surface area contributed by atoms with Gasteiger partial charge in [0.15, 0.2) is 6.10 Å². The molecular weight excluding hydrogens is 671 g/mol. The molecule has 0 bridgehead atoms. The van der Waals surface area contributed by atoms with Crippen LogP contribution in [0.25, 0.3) is 0 Å². The van der Waals surface area contributed by atoms with Gasteiger partial charge in [0, 0.05) is 12.8 Å². The van der Waals surface area contributed by atoms with Crippen LogP contribution in [-0.2, 0) is 32.7 Å². The van der Waals surface area contributed by atoms with Gasteiger partial charge < -0.3 is 24.6 Å². The Labute approximate surface area is 310 Å². The Balaban J connectivity index is 4.37. The molecule has 1 unspecified atom stereocenters. The molecule has 0 aliphatic heterocycles. The molecule has 3 N–H and O–H groups in total. The molecule has 0 saturated heterocycles. The first-order valence-electron chi connectivity index (χ1n) is 19.9. The van der Waals surface area contributed by atoms with Gasteiger partial charge in [-0.1, -0.05) is 147 Å². The third kappa shape index (κ3) is 36.3. The number of hydrogen-bond donors (Lipinski definition) is 3. The lowest BCUT2D eigenvalue weighted by Crippen LogP contribution is -2.29. The third-order valence-electron chi connectivity index (χ3n) is 8.31. The van der Waals surface area contributed by atoms with E-state index in [-0.39, 0.29) is 19.4 Å². The van der Waals surface area contributed by atoms with Crippen molar-refractivity contribution in [3.8, 4) is 0 Å². The zero-order valence-electron chi connectivity index (χ0n) is 32.1. The molecule has 0 heterocycles. The number of ether oxygens (including phenoxy) is 2. The van der Waals surface area contributed by atoms with Gasteiger partial charge in [0.1, 0.15) is 12.7 Å². The Morgan fingerprint density at radius 3 is 1.63 bits per heavy atom. The second-order valence-corrected chi connectivity index (χ2v) is 14.7. The van der Waals surface area contributed by atoms with Gasteiger partial charge in [-0.25, -0.2) is 4.57 Å². The van der Waals surface area contributed by atoms with Gasteiger partial charge in [-0.05, 0) is 44.9 Å². The highest BCUT2D eigenvalue weighted by molar-refractivity contribution is 7.47. The lowest BCUT2D eigenvalue weighted by Gasteiger charge is -2.20. The molecule has 0 fully saturated rings. The van der Waals surface area contributed by atoms with Crippen molar-refractivity contribution >= 4 is 19.8 Å². The normalized spacial score (nSPS) is 14.4. The van der Waals surface area contributed by atoms with Crippen LogP contribution in [0.5, 0.6) is 0 Å². The van der Waals surface area contributed by atoms with Crippen LogP contribution in [0.1, 0.15) is 168 Å². The molecule has 0 saturated carbocycles. The number of rotatable bonds is 37. The van der Waals surface area contributed by atoms with E-state index in [0.29, 0.717) is 12.8 Å². The Morgan fingerprint density at radius 2 is 1.08 bits per heavy atom. The second-order valence-electron chi connectivity index (χ2n) is 13.3. The average molecular weight is 745 g/mol. The first-order valence-corrected chi connectivity index (χ1v) is 21.4. The maximum absolute atomic E-state index is 12.6. The summed E-state index contributed by atoms with van der Waals surface area (Å²) in [6, 6.07) is 0. The van der Waals surface area contributed by atoms with Gasteiger partial charge in [-0.2, -0.15) is 0 Å². The topological polar surface area (TPSA) is 149 Å². The molecule has 0 aliphatic carbocycles. The van der Waals surface area contributed by atoms with E-state index in [1.54, 1.807) is 0 Å². The number of aliphatic hydroxyl groups excluding tert-OH is 2. The van der Waals surface area contributed by atoms with Crippen molar-refractivity contribution in [2.24, 2.45) is 0 Å². The minimum Gasteiger partial charge on any atom is -0.462 e. The molecule has 298 valence electrons. The summed E-state index contributed by atoms with van der Waals surface area (Å²) in [5.41, 5.74) is 0. The molecule has 51 heavy (non-hydrogen) atoms. The zero-order valence-corrected chi connectivity index (χ0v) is 33.0. The fourth-order valence-corrected chi connectivity index (χ4v) is 6.03. The summed E-state index contributed by atoms with van der Waals surface area (Å²) in [6.07, 6.45) is 35.4. The zero-order chi connectivity index (χ0) is 37.7. The monoisotopic (exact) mass is 744 g/mol. The van der Waals surface area contributed by atoms with Crippen LogP contribution in [0.2, 0.25) is 0 Å². The second kappa shape index (κ2) is 36.5. The van der Waals surface area contributed by atoms with E-state index in [0.717, 1.165) is 70.6 Å². The number of carbonyl (C=O) groups is 2. The standard InChI is InChI=1S/C40H73O10P/c1-3-5-7-9-11-13-15-17-18-20-22-24-26-28-30-32-40(44)50-38(36-49-51(45,46)48-34-37(42)33-41)35-47-39(43)31-29-27-25-23-21-19-16-14-12-10-8-6-4-2/h5,7,11,13,17-18,37-38,41-42H,3-4,6,8-10,12,14-16,19-36H2,1-2H3,(H,45,46)/b7-5+,13-11+,18-17+/t37-,38+/m0/s1. The minimum atomic E-state index is -4.62. The fourth-order valence-electron chi connectivity index (χ4n) is 5.24. The van der Waals surface area contributed by atoms with Crippen LogP contribution in [0.15, 0.2) is 36.5 Å². The van der Waals surface area contributed by atoms with Gasteiger partial charge in [-0.3, -0.25) is 18.6 Å². The largest absolute Gasteiger partial charge is 0.472 e. The molecule has 0 radical (unpaired) electrons. The highest BCUT2D eigenvalue weighted by atomic mass is 31.2. The predicted molar refractivity (Wildman–Crippen MR) is 205 cm³/mol. The summed E-state index contributed by atoms with van der Waals surface area (Å²) in [5.74, 6) is -0.943. The van der Waals surface area contributed by atoms with Crippen LogP contribution in [0.4, 0.5) is 0 Å².